The zero-order valence-corrected chi connectivity index (χ0v) is 18.2. The number of carbonyl (C=O) groups excluding carboxylic acids is 1. The first-order valence-corrected chi connectivity index (χ1v) is 11.6. The Balaban J connectivity index is 1.70. The maximum Gasteiger partial charge on any atom is 0.410 e. The summed E-state index contributed by atoms with van der Waals surface area (Å²) >= 11 is 0. The Kier molecular flexibility index (Phi) is 7.42. The molecule has 3 nitrogen and oxygen atoms in total. The molecule has 0 unspecified atom stereocenters. The van der Waals surface area contributed by atoms with Gasteiger partial charge < -0.3 is 9.64 Å². The first kappa shape index (κ1) is 21.2. The molecule has 1 heterocycles. The molecule has 0 spiro atoms. The molecular weight excluding hydrogens is 346 g/mol. The van der Waals surface area contributed by atoms with Gasteiger partial charge in [0.05, 0.1) is 0 Å². The number of hydrogen-bond acceptors (Lipinski definition) is 2. The molecule has 1 saturated heterocycles. The van der Waals surface area contributed by atoms with Crippen LogP contribution in [0.25, 0.3) is 0 Å². The van der Waals surface area contributed by atoms with Crippen molar-refractivity contribution in [2.75, 3.05) is 6.54 Å². The largest absolute Gasteiger partial charge is 0.446 e. The number of amides is 1. The van der Waals surface area contributed by atoms with E-state index < -0.39 is 0 Å². The summed E-state index contributed by atoms with van der Waals surface area (Å²) in [6, 6.07) is 11.1. The van der Waals surface area contributed by atoms with Crippen LogP contribution in [0.2, 0.25) is 0 Å². The molecule has 3 atom stereocenters. The van der Waals surface area contributed by atoms with Crippen molar-refractivity contribution >= 4 is 6.09 Å². The van der Waals surface area contributed by atoms with Gasteiger partial charge in [-0.25, -0.2) is 4.79 Å². The van der Waals surface area contributed by atoms with E-state index >= 15 is 0 Å². The standard InChI is InChI=1S/C25H39NO2/c1-4-5-15-21-16-11-12-19-26(21)24(27)28-23-18-10-9-17-22(23)25(2,3)20-13-7-6-8-14-20/h6-8,13-14,21-23H,4-5,9-12,15-19H2,1-3H3/t21-,22-,23-/m1/s1. The fraction of sp³-hybridized carbons (Fsp3) is 0.720. The molecule has 0 N–H and O–H groups in total. The Labute approximate surface area is 171 Å². The van der Waals surface area contributed by atoms with Gasteiger partial charge in [-0.3, -0.25) is 0 Å². The van der Waals surface area contributed by atoms with E-state index in [1.807, 2.05) is 0 Å². The van der Waals surface area contributed by atoms with Crippen molar-refractivity contribution in [3.05, 3.63) is 35.9 Å². The predicted molar refractivity (Wildman–Crippen MR) is 116 cm³/mol. The molecule has 1 amide bonds. The summed E-state index contributed by atoms with van der Waals surface area (Å²) in [5.41, 5.74) is 1.36. The average molecular weight is 386 g/mol. The van der Waals surface area contributed by atoms with Crippen molar-refractivity contribution in [2.45, 2.75) is 103 Å². The molecule has 28 heavy (non-hydrogen) atoms. The molecule has 2 aliphatic rings. The Morgan fingerprint density at radius 3 is 2.54 bits per heavy atom. The fourth-order valence-electron chi connectivity index (χ4n) is 5.32. The highest BCUT2D eigenvalue weighted by Gasteiger charge is 2.41. The van der Waals surface area contributed by atoms with E-state index in [1.165, 1.54) is 37.7 Å². The summed E-state index contributed by atoms with van der Waals surface area (Å²) in [5.74, 6) is 0.381. The van der Waals surface area contributed by atoms with E-state index in [0.717, 1.165) is 38.6 Å². The smallest absolute Gasteiger partial charge is 0.410 e. The van der Waals surface area contributed by atoms with E-state index in [9.17, 15) is 4.79 Å². The fourth-order valence-corrected chi connectivity index (χ4v) is 5.32. The number of hydrogen-bond donors (Lipinski definition) is 0. The van der Waals surface area contributed by atoms with Crippen molar-refractivity contribution in [3.63, 3.8) is 0 Å². The van der Waals surface area contributed by atoms with Gasteiger partial charge in [-0.1, -0.05) is 70.4 Å². The molecule has 1 aromatic carbocycles. The lowest BCUT2D eigenvalue weighted by atomic mass is 9.66. The van der Waals surface area contributed by atoms with Gasteiger partial charge in [-0.05, 0) is 55.9 Å². The molecule has 3 rings (SSSR count). The van der Waals surface area contributed by atoms with E-state index in [0.29, 0.717) is 12.0 Å². The van der Waals surface area contributed by atoms with Gasteiger partial charge in [0.1, 0.15) is 6.10 Å². The van der Waals surface area contributed by atoms with Crippen LogP contribution in [0.3, 0.4) is 0 Å². The van der Waals surface area contributed by atoms with Crippen molar-refractivity contribution in [1.29, 1.82) is 0 Å². The van der Waals surface area contributed by atoms with Crippen LogP contribution in [-0.4, -0.2) is 29.7 Å². The number of carbonyl (C=O) groups is 1. The van der Waals surface area contributed by atoms with Crippen molar-refractivity contribution in [1.82, 2.24) is 4.90 Å². The highest BCUT2D eigenvalue weighted by atomic mass is 16.6. The molecular formula is C25H39NO2. The molecule has 0 aromatic heterocycles. The third-order valence-electron chi connectivity index (χ3n) is 7.15. The molecule has 2 fully saturated rings. The third-order valence-corrected chi connectivity index (χ3v) is 7.15. The second kappa shape index (κ2) is 9.80. The number of piperidine rings is 1. The maximum absolute atomic E-state index is 13.2. The number of likely N-dealkylation sites (tertiary alicyclic amines) is 1. The van der Waals surface area contributed by atoms with Gasteiger partial charge in [0, 0.05) is 18.5 Å². The lowest BCUT2D eigenvalue weighted by Gasteiger charge is -2.43. The number of rotatable bonds is 6. The average Bonchev–Trinajstić information content (AvgIpc) is 2.73. The van der Waals surface area contributed by atoms with Crippen LogP contribution in [0, 0.1) is 5.92 Å². The van der Waals surface area contributed by atoms with Crippen LogP contribution in [0.4, 0.5) is 4.79 Å². The molecule has 0 radical (unpaired) electrons. The summed E-state index contributed by atoms with van der Waals surface area (Å²) in [4.78, 5) is 15.2. The minimum absolute atomic E-state index is 0.0101. The summed E-state index contributed by atoms with van der Waals surface area (Å²) in [7, 11) is 0. The Morgan fingerprint density at radius 1 is 1.07 bits per heavy atom. The zero-order valence-electron chi connectivity index (χ0n) is 18.2. The van der Waals surface area contributed by atoms with Gasteiger partial charge in [0.15, 0.2) is 0 Å². The van der Waals surface area contributed by atoms with Gasteiger partial charge in [0.25, 0.3) is 0 Å². The Bertz CT molecular complexity index is 612. The number of nitrogens with zero attached hydrogens (tertiary/aromatic N) is 1. The zero-order chi connectivity index (χ0) is 20.0. The quantitative estimate of drug-likeness (QED) is 0.545. The van der Waals surface area contributed by atoms with Gasteiger partial charge in [-0.2, -0.15) is 0 Å². The van der Waals surface area contributed by atoms with Crippen molar-refractivity contribution in [3.8, 4) is 0 Å². The second-order valence-corrected chi connectivity index (χ2v) is 9.39. The van der Waals surface area contributed by atoms with Crippen molar-refractivity contribution in [2.24, 2.45) is 5.92 Å². The first-order chi connectivity index (χ1) is 13.5. The highest BCUT2D eigenvalue weighted by Crippen LogP contribution is 2.42. The van der Waals surface area contributed by atoms with E-state index in [-0.39, 0.29) is 17.6 Å². The Hall–Kier alpha value is -1.51. The van der Waals surface area contributed by atoms with E-state index in [1.54, 1.807) is 0 Å². The minimum atomic E-state index is -0.0541. The molecule has 1 aliphatic heterocycles. The number of ether oxygens (including phenoxy) is 1. The van der Waals surface area contributed by atoms with E-state index in [2.05, 4.69) is 56.0 Å². The SMILES string of the molecule is CCCC[C@@H]1CCCCN1C(=O)O[C@@H]1CCCC[C@H]1C(C)(C)c1ccccc1. The van der Waals surface area contributed by atoms with Crippen LogP contribution in [0.5, 0.6) is 0 Å². The molecule has 1 aliphatic carbocycles. The minimum Gasteiger partial charge on any atom is -0.446 e. The van der Waals surface area contributed by atoms with Crippen LogP contribution < -0.4 is 0 Å². The van der Waals surface area contributed by atoms with Crippen LogP contribution in [0.15, 0.2) is 30.3 Å². The van der Waals surface area contributed by atoms with Crippen LogP contribution in [-0.2, 0) is 10.2 Å². The van der Waals surface area contributed by atoms with Crippen molar-refractivity contribution < 1.29 is 9.53 Å². The highest BCUT2D eigenvalue weighted by molar-refractivity contribution is 5.68. The van der Waals surface area contributed by atoms with Gasteiger partial charge >= 0.3 is 6.09 Å². The predicted octanol–water partition coefficient (Wildman–Crippen LogP) is 6.70. The number of unbranched alkanes of at least 4 members (excludes halogenated alkanes) is 1. The van der Waals surface area contributed by atoms with Crippen LogP contribution >= 0.6 is 0 Å². The van der Waals surface area contributed by atoms with Crippen LogP contribution in [0.1, 0.15) is 90.5 Å². The topological polar surface area (TPSA) is 29.5 Å². The normalized spacial score (nSPS) is 26.1. The molecule has 1 aromatic rings. The lowest BCUT2D eigenvalue weighted by Crippen LogP contribution is -2.48. The second-order valence-electron chi connectivity index (χ2n) is 9.39. The third kappa shape index (κ3) is 4.90. The molecule has 0 bridgehead atoms. The first-order valence-electron chi connectivity index (χ1n) is 11.6. The summed E-state index contributed by atoms with van der Waals surface area (Å²) in [5, 5.41) is 0. The number of benzene rings is 1. The molecule has 1 saturated carbocycles. The summed E-state index contributed by atoms with van der Waals surface area (Å²) in [6.07, 6.45) is 11.5. The molecule has 156 valence electrons. The monoisotopic (exact) mass is 385 g/mol. The lowest BCUT2D eigenvalue weighted by molar-refractivity contribution is -0.0162. The van der Waals surface area contributed by atoms with Gasteiger partial charge in [-0.15, -0.1) is 0 Å². The molecule has 3 heteroatoms. The summed E-state index contributed by atoms with van der Waals surface area (Å²) < 4.78 is 6.25. The Morgan fingerprint density at radius 2 is 1.79 bits per heavy atom. The van der Waals surface area contributed by atoms with E-state index in [4.69, 9.17) is 4.74 Å². The maximum atomic E-state index is 13.2. The summed E-state index contributed by atoms with van der Waals surface area (Å²) in [6.45, 7) is 7.74. The van der Waals surface area contributed by atoms with Gasteiger partial charge in [0.2, 0.25) is 0 Å².